The minimum atomic E-state index is -3.88. The van der Waals surface area contributed by atoms with Crippen molar-refractivity contribution in [3.05, 3.63) is 0 Å². The number of nitrogens with two attached hydrogens (primary N) is 1. The maximum atomic E-state index is 10.9. The molecule has 17 heavy (non-hydrogen) atoms. The molecule has 0 radical (unpaired) electrons. The molecule has 1 unspecified atom stereocenters. The van der Waals surface area contributed by atoms with Gasteiger partial charge in [0.2, 0.25) is 0 Å². The van der Waals surface area contributed by atoms with Gasteiger partial charge in [0.15, 0.2) is 0 Å². The lowest BCUT2D eigenvalue weighted by molar-refractivity contribution is 0.314. The lowest BCUT2D eigenvalue weighted by Crippen LogP contribution is -2.26. The van der Waals surface area contributed by atoms with Crippen LogP contribution in [0.15, 0.2) is 0 Å². The van der Waals surface area contributed by atoms with Crippen LogP contribution >= 0.6 is 0 Å². The maximum Gasteiger partial charge on any atom is 0.265 e. The van der Waals surface area contributed by atoms with Gasteiger partial charge in [-0.05, 0) is 24.8 Å². The van der Waals surface area contributed by atoms with Gasteiger partial charge in [0.25, 0.3) is 10.1 Å². The molecule has 0 aliphatic heterocycles. The van der Waals surface area contributed by atoms with Crippen molar-refractivity contribution in [1.29, 1.82) is 0 Å². The first-order valence-corrected chi connectivity index (χ1v) is 8.27. The summed E-state index contributed by atoms with van der Waals surface area (Å²) in [6.07, 6.45) is 9.62. The van der Waals surface area contributed by atoms with Crippen LogP contribution in [-0.4, -0.2) is 25.3 Å². The Kier molecular flexibility index (Phi) is 6.44. The molecule has 0 aromatic carbocycles. The summed E-state index contributed by atoms with van der Waals surface area (Å²) in [5, 5.41) is 0. The van der Waals surface area contributed by atoms with Crippen molar-refractivity contribution in [2.24, 2.45) is 17.6 Å². The first-order chi connectivity index (χ1) is 8.01. The van der Waals surface area contributed by atoms with Crippen LogP contribution in [0.1, 0.15) is 51.4 Å². The van der Waals surface area contributed by atoms with Crippen molar-refractivity contribution in [2.45, 2.75) is 51.4 Å². The summed E-state index contributed by atoms with van der Waals surface area (Å²) in [6, 6.07) is 0. The molecule has 5 heteroatoms. The van der Waals surface area contributed by atoms with Crippen LogP contribution < -0.4 is 5.73 Å². The first kappa shape index (κ1) is 14.9. The molecule has 0 bridgehead atoms. The second-order valence-corrected chi connectivity index (χ2v) is 6.79. The predicted molar refractivity (Wildman–Crippen MR) is 69.4 cm³/mol. The normalized spacial score (nSPS) is 21.8. The molecule has 1 atom stereocenters. The Morgan fingerprint density at radius 2 is 1.65 bits per heavy atom. The molecular weight excluding hydrogens is 238 g/mol. The van der Waals surface area contributed by atoms with E-state index in [1.54, 1.807) is 0 Å². The zero-order valence-electron chi connectivity index (χ0n) is 10.5. The Hall–Kier alpha value is -0.130. The Morgan fingerprint density at radius 3 is 2.12 bits per heavy atom. The molecule has 3 N–H and O–H groups in total. The molecular formula is C12H25NO3S. The van der Waals surface area contributed by atoms with Crippen molar-refractivity contribution in [3.63, 3.8) is 0 Å². The van der Waals surface area contributed by atoms with Crippen LogP contribution in [0.25, 0.3) is 0 Å². The lowest BCUT2D eigenvalue weighted by Gasteiger charge is -2.23. The third-order valence-electron chi connectivity index (χ3n) is 3.67. The quantitative estimate of drug-likeness (QED) is 0.745. The third kappa shape index (κ3) is 7.01. The summed E-state index contributed by atoms with van der Waals surface area (Å²) in [5.41, 5.74) is 5.59. The van der Waals surface area contributed by atoms with E-state index in [9.17, 15) is 8.42 Å². The van der Waals surface area contributed by atoms with Gasteiger partial charge in [-0.25, -0.2) is 0 Å². The highest BCUT2D eigenvalue weighted by molar-refractivity contribution is 7.85. The maximum absolute atomic E-state index is 10.9. The molecule has 1 aliphatic carbocycles. The van der Waals surface area contributed by atoms with Gasteiger partial charge in [-0.3, -0.25) is 4.55 Å². The second-order valence-electron chi connectivity index (χ2n) is 5.30. The van der Waals surface area contributed by atoms with Crippen molar-refractivity contribution in [1.82, 2.24) is 0 Å². The van der Waals surface area contributed by atoms with Gasteiger partial charge in [0, 0.05) is 0 Å². The van der Waals surface area contributed by atoms with Crippen molar-refractivity contribution < 1.29 is 13.0 Å². The SMILES string of the molecule is NCC(CC1CCCCCCC1)CS(=O)(=O)O. The highest BCUT2D eigenvalue weighted by atomic mass is 32.2. The van der Waals surface area contributed by atoms with Crippen molar-refractivity contribution in [2.75, 3.05) is 12.3 Å². The van der Waals surface area contributed by atoms with E-state index in [0.717, 1.165) is 6.42 Å². The van der Waals surface area contributed by atoms with E-state index in [0.29, 0.717) is 12.5 Å². The van der Waals surface area contributed by atoms with E-state index in [1.165, 1.54) is 44.9 Å². The van der Waals surface area contributed by atoms with Crippen LogP contribution in [0.5, 0.6) is 0 Å². The zero-order valence-corrected chi connectivity index (χ0v) is 11.3. The monoisotopic (exact) mass is 263 g/mol. The minimum Gasteiger partial charge on any atom is -0.330 e. The largest absolute Gasteiger partial charge is 0.330 e. The van der Waals surface area contributed by atoms with Crippen molar-refractivity contribution in [3.8, 4) is 0 Å². The Labute approximate surface area is 105 Å². The van der Waals surface area contributed by atoms with Crippen molar-refractivity contribution >= 4 is 10.1 Å². The molecule has 1 saturated carbocycles. The number of rotatable bonds is 5. The molecule has 102 valence electrons. The predicted octanol–water partition coefficient (Wildman–Crippen LogP) is 2.20. The summed E-state index contributed by atoms with van der Waals surface area (Å²) >= 11 is 0. The number of hydrogen-bond acceptors (Lipinski definition) is 3. The summed E-state index contributed by atoms with van der Waals surface area (Å²) in [7, 11) is -3.88. The molecule has 1 aliphatic rings. The van der Waals surface area contributed by atoms with Gasteiger partial charge >= 0.3 is 0 Å². The van der Waals surface area contributed by atoms with Crippen LogP contribution in [0.3, 0.4) is 0 Å². The van der Waals surface area contributed by atoms with Gasteiger partial charge < -0.3 is 5.73 Å². The first-order valence-electron chi connectivity index (χ1n) is 6.66. The molecule has 0 saturated heterocycles. The smallest absolute Gasteiger partial charge is 0.265 e. The zero-order chi connectivity index (χ0) is 12.7. The van der Waals surface area contributed by atoms with Gasteiger partial charge in [-0.2, -0.15) is 8.42 Å². The molecule has 0 aromatic heterocycles. The highest BCUT2D eigenvalue weighted by Crippen LogP contribution is 2.27. The van der Waals surface area contributed by atoms with Gasteiger partial charge in [-0.1, -0.05) is 44.9 Å². The van der Waals surface area contributed by atoms with E-state index in [1.807, 2.05) is 0 Å². The van der Waals surface area contributed by atoms with E-state index in [4.69, 9.17) is 10.3 Å². The van der Waals surface area contributed by atoms with E-state index >= 15 is 0 Å². The van der Waals surface area contributed by atoms with Gasteiger partial charge in [0.05, 0.1) is 5.75 Å². The third-order valence-corrected chi connectivity index (χ3v) is 4.56. The fraction of sp³-hybridized carbons (Fsp3) is 1.00. The Bertz CT molecular complexity index is 295. The second kappa shape index (κ2) is 7.34. The molecule has 0 amide bonds. The van der Waals surface area contributed by atoms with Gasteiger partial charge in [-0.15, -0.1) is 0 Å². The standard InChI is InChI=1S/C12H25NO3S/c13-9-12(10-17(14,15)16)8-11-6-4-2-1-3-5-7-11/h11-12H,1-10,13H2,(H,14,15,16). The average Bonchev–Trinajstić information content (AvgIpc) is 2.18. The summed E-state index contributed by atoms with van der Waals surface area (Å²) in [4.78, 5) is 0. The fourth-order valence-corrected chi connectivity index (χ4v) is 3.65. The molecule has 0 heterocycles. The molecule has 0 spiro atoms. The fourth-order valence-electron chi connectivity index (χ4n) is 2.78. The molecule has 1 fully saturated rings. The topological polar surface area (TPSA) is 80.4 Å². The number of hydrogen-bond donors (Lipinski definition) is 2. The van der Waals surface area contributed by atoms with Crippen LogP contribution in [0.2, 0.25) is 0 Å². The molecule has 0 aromatic rings. The van der Waals surface area contributed by atoms with E-state index in [2.05, 4.69) is 0 Å². The van der Waals surface area contributed by atoms with Crippen LogP contribution in [-0.2, 0) is 10.1 Å². The summed E-state index contributed by atoms with van der Waals surface area (Å²) in [5.74, 6) is 0.319. The van der Waals surface area contributed by atoms with E-state index < -0.39 is 10.1 Å². The summed E-state index contributed by atoms with van der Waals surface area (Å²) < 4.78 is 30.6. The molecule has 4 nitrogen and oxygen atoms in total. The van der Waals surface area contributed by atoms with Crippen LogP contribution in [0.4, 0.5) is 0 Å². The Morgan fingerprint density at radius 1 is 1.12 bits per heavy atom. The average molecular weight is 263 g/mol. The van der Waals surface area contributed by atoms with E-state index in [-0.39, 0.29) is 11.7 Å². The minimum absolute atomic E-state index is 0.0885. The lowest BCUT2D eigenvalue weighted by atomic mass is 9.85. The molecule has 1 rings (SSSR count). The Balaban J connectivity index is 2.42. The highest BCUT2D eigenvalue weighted by Gasteiger charge is 2.20. The van der Waals surface area contributed by atoms with Gasteiger partial charge in [0.1, 0.15) is 0 Å². The van der Waals surface area contributed by atoms with Crippen LogP contribution in [0, 0.1) is 11.8 Å². The summed E-state index contributed by atoms with van der Waals surface area (Å²) in [6.45, 7) is 0.344.